The van der Waals surface area contributed by atoms with Crippen LogP contribution < -0.4 is 0 Å². The van der Waals surface area contributed by atoms with Gasteiger partial charge in [0.2, 0.25) is 5.91 Å². The van der Waals surface area contributed by atoms with Crippen LogP contribution in [0, 0.1) is 6.92 Å². The summed E-state index contributed by atoms with van der Waals surface area (Å²) in [5.74, 6) is 0.872. The van der Waals surface area contributed by atoms with Gasteiger partial charge in [-0.1, -0.05) is 77.4 Å². The van der Waals surface area contributed by atoms with Crippen LogP contribution in [0.2, 0.25) is 10.0 Å². The minimum Gasteiger partial charge on any atom is -0.338 e. The quantitative estimate of drug-likeness (QED) is 0.248. The zero-order chi connectivity index (χ0) is 28.2. The van der Waals surface area contributed by atoms with Crippen molar-refractivity contribution in [2.75, 3.05) is 25.4 Å². The van der Waals surface area contributed by atoms with Gasteiger partial charge in [0.05, 0.1) is 16.3 Å². The lowest BCUT2D eigenvalue weighted by molar-refractivity contribution is -0.130. The van der Waals surface area contributed by atoms with Gasteiger partial charge in [-0.25, -0.2) is 0 Å². The maximum atomic E-state index is 13.3. The first-order valence-electron chi connectivity index (χ1n) is 13.0. The average Bonchev–Trinajstić information content (AvgIpc) is 3.34. The third kappa shape index (κ3) is 6.35. The normalized spacial score (nSPS) is 15.3. The van der Waals surface area contributed by atoms with E-state index in [1.54, 1.807) is 23.1 Å². The summed E-state index contributed by atoms with van der Waals surface area (Å²) in [6.07, 6.45) is 0.626. The molecule has 0 aliphatic carbocycles. The summed E-state index contributed by atoms with van der Waals surface area (Å²) in [6, 6.07) is 23.0. The number of aromatic nitrogens is 3. The Kier molecular flexibility index (Phi) is 8.78. The molecule has 1 aliphatic rings. The number of aryl methyl sites for hydroxylation is 1. The van der Waals surface area contributed by atoms with E-state index in [0.717, 1.165) is 22.6 Å². The van der Waals surface area contributed by atoms with Crippen molar-refractivity contribution in [1.29, 1.82) is 0 Å². The second-order valence-corrected chi connectivity index (χ2v) is 11.6. The molecule has 2 amide bonds. The lowest BCUT2D eigenvalue weighted by atomic mass is 10.1. The van der Waals surface area contributed by atoms with Gasteiger partial charge in [0.1, 0.15) is 5.82 Å². The molecule has 206 valence electrons. The molecule has 0 radical (unpaired) electrons. The highest BCUT2D eigenvalue weighted by Gasteiger charge is 2.31. The van der Waals surface area contributed by atoms with Crippen LogP contribution in [0.1, 0.15) is 34.2 Å². The van der Waals surface area contributed by atoms with Gasteiger partial charge in [0.15, 0.2) is 5.16 Å². The molecule has 1 fully saturated rings. The van der Waals surface area contributed by atoms with Gasteiger partial charge in [0.25, 0.3) is 5.91 Å². The predicted octanol–water partition coefficient (Wildman–Crippen LogP) is 5.94. The topological polar surface area (TPSA) is 71.3 Å². The number of thioether (sulfide) groups is 1. The van der Waals surface area contributed by atoms with Gasteiger partial charge < -0.3 is 9.80 Å². The molecule has 0 saturated carbocycles. The van der Waals surface area contributed by atoms with E-state index < -0.39 is 0 Å². The second kappa shape index (κ2) is 12.5. The number of carbonyl (C=O) groups is 2. The van der Waals surface area contributed by atoms with E-state index in [2.05, 4.69) is 28.4 Å². The summed E-state index contributed by atoms with van der Waals surface area (Å²) < 4.78 is 2.03. The highest BCUT2D eigenvalue weighted by Crippen LogP contribution is 2.26. The van der Waals surface area contributed by atoms with E-state index >= 15 is 0 Å². The number of benzene rings is 3. The molecule has 1 saturated heterocycles. The summed E-state index contributed by atoms with van der Waals surface area (Å²) >= 11 is 13.6. The van der Waals surface area contributed by atoms with Gasteiger partial charge in [-0.05, 0) is 55.3 Å². The molecule has 3 aromatic carbocycles. The minimum atomic E-state index is -0.159. The third-order valence-electron chi connectivity index (χ3n) is 6.89. The number of halogens is 2. The van der Waals surface area contributed by atoms with E-state index in [1.165, 1.54) is 11.8 Å². The van der Waals surface area contributed by atoms with Crippen LogP contribution >= 0.6 is 35.0 Å². The standard InChI is InChI=1S/C30H29Cl2N5O2S/c1-20-7-6-10-24(15-20)37-27(16-22-8-4-3-5-9-22)33-34-30(37)40-19-28(38)35-13-14-36(21(2)18-35)29(39)25-12-11-23(31)17-26(25)32/h3-12,15,17,21H,13-14,16,18-19H2,1-2H3. The maximum Gasteiger partial charge on any atom is 0.255 e. The fourth-order valence-electron chi connectivity index (χ4n) is 4.83. The van der Waals surface area contributed by atoms with E-state index in [4.69, 9.17) is 23.2 Å². The minimum absolute atomic E-state index is 0.00289. The Morgan fingerprint density at radius 1 is 0.975 bits per heavy atom. The van der Waals surface area contributed by atoms with Crippen LogP contribution in [0.5, 0.6) is 0 Å². The zero-order valence-corrected chi connectivity index (χ0v) is 24.6. The number of nitrogens with zero attached hydrogens (tertiary/aromatic N) is 5. The Hall–Kier alpha value is -3.33. The second-order valence-electron chi connectivity index (χ2n) is 9.84. The van der Waals surface area contributed by atoms with Crippen molar-refractivity contribution in [3.05, 3.63) is 105 Å². The first-order chi connectivity index (χ1) is 19.3. The highest BCUT2D eigenvalue weighted by molar-refractivity contribution is 7.99. The van der Waals surface area contributed by atoms with Crippen LogP contribution in [-0.2, 0) is 11.2 Å². The van der Waals surface area contributed by atoms with Crippen molar-refractivity contribution in [3.8, 4) is 5.69 Å². The van der Waals surface area contributed by atoms with Crippen LogP contribution in [0.3, 0.4) is 0 Å². The van der Waals surface area contributed by atoms with Gasteiger partial charge in [-0.3, -0.25) is 14.2 Å². The molecule has 1 unspecified atom stereocenters. The van der Waals surface area contributed by atoms with Crippen LogP contribution in [-0.4, -0.2) is 67.8 Å². The molecular weight excluding hydrogens is 565 g/mol. The number of hydrogen-bond acceptors (Lipinski definition) is 5. The van der Waals surface area contributed by atoms with Gasteiger partial charge in [-0.15, -0.1) is 10.2 Å². The van der Waals surface area contributed by atoms with Crippen molar-refractivity contribution >= 4 is 46.8 Å². The molecule has 0 bridgehead atoms. The van der Waals surface area contributed by atoms with E-state index in [9.17, 15) is 9.59 Å². The first-order valence-corrected chi connectivity index (χ1v) is 14.8. The fourth-order valence-corrected chi connectivity index (χ4v) is 6.20. The average molecular weight is 595 g/mol. The van der Waals surface area contributed by atoms with Gasteiger partial charge >= 0.3 is 0 Å². The molecule has 1 aliphatic heterocycles. The largest absolute Gasteiger partial charge is 0.338 e. The molecular formula is C30H29Cl2N5O2S. The van der Waals surface area contributed by atoms with Crippen LogP contribution in [0.4, 0.5) is 0 Å². The van der Waals surface area contributed by atoms with E-state index in [1.807, 2.05) is 59.7 Å². The monoisotopic (exact) mass is 593 g/mol. The molecule has 10 heteroatoms. The van der Waals surface area contributed by atoms with Crippen molar-refractivity contribution in [1.82, 2.24) is 24.6 Å². The van der Waals surface area contributed by atoms with Crippen molar-refractivity contribution in [2.24, 2.45) is 0 Å². The maximum absolute atomic E-state index is 13.3. The number of hydrogen-bond donors (Lipinski definition) is 0. The molecule has 0 N–H and O–H groups in total. The molecule has 7 nitrogen and oxygen atoms in total. The van der Waals surface area contributed by atoms with Gasteiger partial charge in [-0.2, -0.15) is 0 Å². The summed E-state index contributed by atoms with van der Waals surface area (Å²) in [6.45, 7) is 5.31. The van der Waals surface area contributed by atoms with Crippen molar-refractivity contribution in [2.45, 2.75) is 31.5 Å². The number of amides is 2. The Balaban J connectivity index is 1.27. The zero-order valence-electron chi connectivity index (χ0n) is 22.3. The molecule has 1 aromatic heterocycles. The van der Waals surface area contributed by atoms with E-state index in [0.29, 0.717) is 46.8 Å². The Morgan fingerprint density at radius 2 is 1.77 bits per heavy atom. The van der Waals surface area contributed by atoms with Crippen LogP contribution in [0.15, 0.2) is 78.0 Å². The van der Waals surface area contributed by atoms with Crippen molar-refractivity contribution < 1.29 is 9.59 Å². The van der Waals surface area contributed by atoms with Gasteiger partial charge in [0, 0.05) is 42.8 Å². The molecule has 2 heterocycles. The predicted molar refractivity (Wildman–Crippen MR) is 160 cm³/mol. The summed E-state index contributed by atoms with van der Waals surface area (Å²) in [5, 5.41) is 10.4. The summed E-state index contributed by atoms with van der Waals surface area (Å²) in [7, 11) is 0. The fraction of sp³-hybridized carbons (Fsp3) is 0.267. The Labute approximate surface area is 248 Å². The lowest BCUT2D eigenvalue weighted by Crippen LogP contribution is -2.55. The summed E-state index contributed by atoms with van der Waals surface area (Å²) in [4.78, 5) is 30.0. The first kappa shape index (κ1) is 28.2. The number of rotatable bonds is 7. The molecule has 1 atom stereocenters. The molecule has 5 rings (SSSR count). The summed E-state index contributed by atoms with van der Waals surface area (Å²) in [5.41, 5.74) is 3.64. The van der Waals surface area contributed by atoms with Crippen molar-refractivity contribution in [3.63, 3.8) is 0 Å². The van der Waals surface area contributed by atoms with Crippen LogP contribution in [0.25, 0.3) is 5.69 Å². The highest BCUT2D eigenvalue weighted by atomic mass is 35.5. The molecule has 0 spiro atoms. The smallest absolute Gasteiger partial charge is 0.255 e. The number of piperazine rings is 1. The Bertz CT molecular complexity index is 1530. The molecule has 4 aromatic rings. The lowest BCUT2D eigenvalue weighted by Gasteiger charge is -2.40. The number of carbonyl (C=O) groups excluding carboxylic acids is 2. The molecule has 40 heavy (non-hydrogen) atoms. The Morgan fingerprint density at radius 3 is 2.50 bits per heavy atom. The SMILES string of the molecule is Cc1cccc(-n2c(Cc3ccccc3)nnc2SCC(=O)N2CCN(C(=O)c3ccc(Cl)cc3Cl)C(C)C2)c1. The van der Waals surface area contributed by atoms with E-state index in [-0.39, 0.29) is 23.6 Å². The third-order valence-corrected chi connectivity index (χ3v) is 8.35.